The molecule has 5 rings (SSSR count). The molecule has 6 nitrogen and oxygen atoms in total. The fourth-order valence-corrected chi connectivity index (χ4v) is 6.11. The van der Waals surface area contributed by atoms with Gasteiger partial charge in [0.15, 0.2) is 0 Å². The van der Waals surface area contributed by atoms with Gasteiger partial charge in [0, 0.05) is 36.6 Å². The highest BCUT2D eigenvalue weighted by Gasteiger charge is 2.43. The standard InChI is InChI=1S/C35H34F3N3O3/c1-2-20-34(26-8-4-3-5-9-26)24-40(21-22-41(34)23-32(42)43)29-18-16-28(17-19-29)39-33(44)31-11-7-6-10-30(31)25-12-14-27(15-13-25)35(36,37)38/h3-19H,2,20-24H2,1H3,(H,39,44)(H,42,43). The SMILES string of the molecule is CCCC1(c2ccccc2)CN(c2ccc(NC(=O)c3ccccc3-c3ccc(C(F)(F)F)cc3)cc2)CCN1CC(=O)O. The lowest BCUT2D eigenvalue weighted by Crippen LogP contribution is -2.61. The van der Waals surface area contributed by atoms with E-state index in [9.17, 15) is 27.9 Å². The highest BCUT2D eigenvalue weighted by Crippen LogP contribution is 2.39. The molecule has 1 unspecified atom stereocenters. The first-order valence-corrected chi connectivity index (χ1v) is 14.6. The summed E-state index contributed by atoms with van der Waals surface area (Å²) < 4.78 is 39.1. The summed E-state index contributed by atoms with van der Waals surface area (Å²) in [7, 11) is 0. The Morgan fingerprint density at radius 3 is 2.16 bits per heavy atom. The maximum Gasteiger partial charge on any atom is 0.416 e. The number of carbonyl (C=O) groups is 2. The summed E-state index contributed by atoms with van der Waals surface area (Å²) in [6.45, 7) is 3.92. The van der Waals surface area contributed by atoms with E-state index < -0.39 is 23.2 Å². The predicted octanol–water partition coefficient (Wildman–Crippen LogP) is 7.53. The second-order valence-electron chi connectivity index (χ2n) is 11.0. The number of carbonyl (C=O) groups excluding carboxylic acids is 1. The second kappa shape index (κ2) is 12.9. The largest absolute Gasteiger partial charge is 0.480 e. The van der Waals surface area contributed by atoms with E-state index in [0.717, 1.165) is 36.2 Å². The lowest BCUT2D eigenvalue weighted by atomic mass is 9.81. The van der Waals surface area contributed by atoms with Crippen molar-refractivity contribution < 1.29 is 27.9 Å². The van der Waals surface area contributed by atoms with Crippen LogP contribution in [0, 0.1) is 0 Å². The Labute approximate surface area is 254 Å². The van der Waals surface area contributed by atoms with Gasteiger partial charge in [-0.3, -0.25) is 14.5 Å². The Morgan fingerprint density at radius 1 is 0.864 bits per heavy atom. The third-order valence-corrected chi connectivity index (χ3v) is 8.18. The van der Waals surface area contributed by atoms with Crippen molar-refractivity contribution in [1.29, 1.82) is 0 Å². The molecule has 1 aliphatic heterocycles. The summed E-state index contributed by atoms with van der Waals surface area (Å²) in [4.78, 5) is 29.4. The summed E-state index contributed by atoms with van der Waals surface area (Å²) >= 11 is 0. The quantitative estimate of drug-likeness (QED) is 0.208. The van der Waals surface area contributed by atoms with Gasteiger partial charge in [-0.05, 0) is 65.6 Å². The van der Waals surface area contributed by atoms with E-state index in [2.05, 4.69) is 34.2 Å². The predicted molar refractivity (Wildman–Crippen MR) is 166 cm³/mol. The van der Waals surface area contributed by atoms with Crippen LogP contribution < -0.4 is 10.2 Å². The molecule has 228 valence electrons. The maximum atomic E-state index is 13.3. The molecule has 1 fully saturated rings. The van der Waals surface area contributed by atoms with E-state index in [1.807, 2.05) is 42.5 Å². The number of benzene rings is 4. The molecule has 1 saturated heterocycles. The molecule has 0 saturated carbocycles. The smallest absolute Gasteiger partial charge is 0.416 e. The molecule has 4 aromatic carbocycles. The Balaban J connectivity index is 1.35. The Morgan fingerprint density at radius 2 is 1.52 bits per heavy atom. The monoisotopic (exact) mass is 601 g/mol. The van der Waals surface area contributed by atoms with Gasteiger partial charge in [0.05, 0.1) is 17.6 Å². The van der Waals surface area contributed by atoms with Crippen LogP contribution in [0.2, 0.25) is 0 Å². The molecule has 4 aromatic rings. The number of anilines is 2. The van der Waals surface area contributed by atoms with Crippen LogP contribution in [0.3, 0.4) is 0 Å². The van der Waals surface area contributed by atoms with Crippen LogP contribution in [-0.2, 0) is 16.5 Å². The zero-order valence-electron chi connectivity index (χ0n) is 24.3. The zero-order chi connectivity index (χ0) is 31.3. The van der Waals surface area contributed by atoms with Crippen molar-refractivity contribution in [3.63, 3.8) is 0 Å². The zero-order valence-corrected chi connectivity index (χ0v) is 24.3. The van der Waals surface area contributed by atoms with Crippen molar-refractivity contribution in [2.75, 3.05) is 36.4 Å². The first kappa shape index (κ1) is 30.8. The molecule has 0 radical (unpaired) electrons. The van der Waals surface area contributed by atoms with E-state index >= 15 is 0 Å². The van der Waals surface area contributed by atoms with Crippen LogP contribution in [0.4, 0.5) is 24.5 Å². The Hall–Kier alpha value is -4.63. The van der Waals surface area contributed by atoms with Crippen molar-refractivity contribution in [2.45, 2.75) is 31.5 Å². The van der Waals surface area contributed by atoms with Crippen LogP contribution in [0.15, 0.2) is 103 Å². The van der Waals surface area contributed by atoms with Gasteiger partial charge in [0.2, 0.25) is 0 Å². The topological polar surface area (TPSA) is 72.9 Å². The molecule has 2 N–H and O–H groups in total. The average Bonchev–Trinajstić information content (AvgIpc) is 3.02. The van der Waals surface area contributed by atoms with Gasteiger partial charge < -0.3 is 15.3 Å². The lowest BCUT2D eigenvalue weighted by molar-refractivity contribution is -0.141. The number of piperazine rings is 1. The third-order valence-electron chi connectivity index (χ3n) is 8.18. The van der Waals surface area contributed by atoms with Gasteiger partial charge in [-0.2, -0.15) is 13.2 Å². The van der Waals surface area contributed by atoms with Crippen molar-refractivity contribution >= 4 is 23.3 Å². The molecular weight excluding hydrogens is 567 g/mol. The van der Waals surface area contributed by atoms with Crippen molar-refractivity contribution in [3.05, 3.63) is 120 Å². The molecule has 0 aromatic heterocycles. The van der Waals surface area contributed by atoms with Crippen LogP contribution in [0.25, 0.3) is 11.1 Å². The lowest BCUT2D eigenvalue weighted by Gasteiger charge is -2.51. The molecule has 0 spiro atoms. The van der Waals surface area contributed by atoms with Crippen LogP contribution in [-0.4, -0.2) is 48.1 Å². The Bertz CT molecular complexity index is 1590. The van der Waals surface area contributed by atoms with E-state index in [-0.39, 0.29) is 12.5 Å². The number of aliphatic carboxylic acids is 1. The van der Waals surface area contributed by atoms with Gasteiger partial charge in [-0.25, -0.2) is 0 Å². The minimum Gasteiger partial charge on any atom is -0.480 e. The van der Waals surface area contributed by atoms with Gasteiger partial charge in [-0.1, -0.05) is 74.0 Å². The molecule has 1 heterocycles. The number of nitrogens with one attached hydrogen (secondary N) is 1. The number of carboxylic acid groups (broad SMARTS) is 1. The van der Waals surface area contributed by atoms with Gasteiger partial charge in [-0.15, -0.1) is 0 Å². The number of hydrogen-bond acceptors (Lipinski definition) is 4. The molecule has 1 atom stereocenters. The molecule has 1 amide bonds. The molecule has 0 aliphatic carbocycles. The fourth-order valence-electron chi connectivity index (χ4n) is 6.11. The molecule has 44 heavy (non-hydrogen) atoms. The first-order valence-electron chi connectivity index (χ1n) is 14.6. The number of nitrogens with zero attached hydrogens (tertiary/aromatic N) is 2. The summed E-state index contributed by atoms with van der Waals surface area (Å²) in [5.41, 5.74) is 2.79. The van der Waals surface area contributed by atoms with Crippen molar-refractivity contribution in [1.82, 2.24) is 4.90 Å². The van der Waals surface area contributed by atoms with E-state index in [1.165, 1.54) is 12.1 Å². The van der Waals surface area contributed by atoms with Gasteiger partial charge >= 0.3 is 12.1 Å². The Kier molecular flexibility index (Phi) is 9.06. The summed E-state index contributed by atoms with van der Waals surface area (Å²) in [5.74, 6) is -1.23. The number of halogens is 3. The highest BCUT2D eigenvalue weighted by molar-refractivity contribution is 6.08. The number of carboxylic acids is 1. The van der Waals surface area contributed by atoms with Gasteiger partial charge in [0.25, 0.3) is 5.91 Å². The van der Waals surface area contributed by atoms with Crippen molar-refractivity contribution in [3.8, 4) is 11.1 Å². The first-order chi connectivity index (χ1) is 21.1. The number of hydrogen-bond donors (Lipinski definition) is 2. The average molecular weight is 602 g/mol. The fraction of sp³-hybridized carbons (Fsp3) is 0.257. The van der Waals surface area contributed by atoms with E-state index in [4.69, 9.17) is 0 Å². The summed E-state index contributed by atoms with van der Waals surface area (Å²) in [6, 6.07) is 29.1. The van der Waals surface area contributed by atoms with Crippen LogP contribution in [0.5, 0.6) is 0 Å². The minimum absolute atomic E-state index is 0.0400. The normalized spacial score (nSPS) is 17.3. The molecule has 1 aliphatic rings. The molecular formula is C35H34F3N3O3. The van der Waals surface area contributed by atoms with Crippen LogP contribution >= 0.6 is 0 Å². The maximum absolute atomic E-state index is 13.3. The van der Waals surface area contributed by atoms with Crippen LogP contribution in [0.1, 0.15) is 41.3 Å². The molecule has 9 heteroatoms. The van der Waals surface area contributed by atoms with E-state index in [1.54, 1.807) is 24.3 Å². The minimum atomic E-state index is -4.44. The highest BCUT2D eigenvalue weighted by atomic mass is 19.4. The van der Waals surface area contributed by atoms with Gasteiger partial charge in [0.1, 0.15) is 0 Å². The second-order valence-corrected chi connectivity index (χ2v) is 11.0. The summed E-state index contributed by atoms with van der Waals surface area (Å²) in [5, 5.41) is 12.6. The number of alkyl halides is 3. The van der Waals surface area contributed by atoms with E-state index in [0.29, 0.717) is 42.0 Å². The number of rotatable bonds is 9. The molecule has 0 bridgehead atoms. The van der Waals surface area contributed by atoms with Crippen molar-refractivity contribution in [2.24, 2.45) is 0 Å². The number of amides is 1. The summed E-state index contributed by atoms with van der Waals surface area (Å²) in [6.07, 6.45) is -2.75. The third kappa shape index (κ3) is 6.63.